The number of methoxy groups -OCH3 is 1. The van der Waals surface area contributed by atoms with Gasteiger partial charge < -0.3 is 20.7 Å². The molecule has 7 nitrogen and oxygen atoms in total. The normalized spacial score (nSPS) is 13.5. The van der Waals surface area contributed by atoms with Gasteiger partial charge in [-0.1, -0.05) is 11.2 Å². The number of nitrogens with two attached hydrogens (primary N) is 1. The Hall–Kier alpha value is -1.95. The van der Waals surface area contributed by atoms with Crippen LogP contribution in [0.25, 0.3) is 10.4 Å². The molecule has 0 saturated carbocycles. The van der Waals surface area contributed by atoms with E-state index in [2.05, 4.69) is 10.0 Å². The van der Waals surface area contributed by atoms with Gasteiger partial charge in [0.25, 0.3) is 0 Å². The van der Waals surface area contributed by atoms with Crippen molar-refractivity contribution < 1.29 is 14.9 Å². The van der Waals surface area contributed by atoms with E-state index in [9.17, 15) is 10.2 Å². The Balaban J connectivity index is 2.82. The second kappa shape index (κ2) is 6.70. The largest absolute Gasteiger partial charge is 0.496 e. The first-order valence-electron chi connectivity index (χ1n) is 5.40. The van der Waals surface area contributed by atoms with E-state index in [1.165, 1.54) is 7.11 Å². The van der Waals surface area contributed by atoms with Gasteiger partial charge in [-0.3, -0.25) is 0 Å². The van der Waals surface area contributed by atoms with Crippen LogP contribution in [-0.4, -0.2) is 30.0 Å². The standard InChI is InChI=1S/C11H16N4O3/c1-18-10-6-7(12)2-3-8(10)11(17)9(16)4-5-14-15-13/h2-3,6,9,11,16-17H,4-5,12H2,1H3. The monoisotopic (exact) mass is 252 g/mol. The number of azide groups is 1. The Labute approximate surface area is 104 Å². The van der Waals surface area contributed by atoms with Crippen molar-refractivity contribution in [1.29, 1.82) is 0 Å². The van der Waals surface area contributed by atoms with Crippen LogP contribution in [-0.2, 0) is 0 Å². The number of hydrogen-bond donors (Lipinski definition) is 3. The van der Waals surface area contributed by atoms with E-state index in [1.54, 1.807) is 18.2 Å². The fourth-order valence-electron chi connectivity index (χ4n) is 1.57. The van der Waals surface area contributed by atoms with Crippen molar-refractivity contribution in [3.05, 3.63) is 34.2 Å². The van der Waals surface area contributed by atoms with Gasteiger partial charge in [0.05, 0.1) is 13.2 Å². The summed E-state index contributed by atoms with van der Waals surface area (Å²) in [5.74, 6) is 0.408. The molecule has 4 N–H and O–H groups in total. The molecule has 0 saturated heterocycles. The molecule has 0 amide bonds. The summed E-state index contributed by atoms with van der Waals surface area (Å²) in [5.41, 5.74) is 14.7. The summed E-state index contributed by atoms with van der Waals surface area (Å²) in [5, 5.41) is 23.1. The number of nitrogens with zero attached hydrogens (tertiary/aromatic N) is 3. The SMILES string of the molecule is COc1cc(N)ccc1C(O)C(O)CCN=[N+]=[N-]. The molecule has 0 radical (unpaired) electrons. The van der Waals surface area contributed by atoms with Crippen molar-refractivity contribution in [2.75, 3.05) is 19.4 Å². The number of nitrogen functional groups attached to an aromatic ring is 1. The lowest BCUT2D eigenvalue weighted by Crippen LogP contribution is -2.19. The molecule has 1 rings (SSSR count). The number of aliphatic hydroxyl groups is 2. The van der Waals surface area contributed by atoms with E-state index in [1.807, 2.05) is 0 Å². The third kappa shape index (κ3) is 3.53. The molecule has 7 heteroatoms. The van der Waals surface area contributed by atoms with Gasteiger partial charge in [0, 0.05) is 28.8 Å². The predicted octanol–water partition coefficient (Wildman–Crippen LogP) is 1.37. The summed E-state index contributed by atoms with van der Waals surface area (Å²) >= 11 is 0. The fourth-order valence-corrected chi connectivity index (χ4v) is 1.57. The number of hydrogen-bond acceptors (Lipinski definition) is 5. The summed E-state index contributed by atoms with van der Waals surface area (Å²) < 4.78 is 5.09. The van der Waals surface area contributed by atoms with Crippen LogP contribution < -0.4 is 10.5 Å². The molecular weight excluding hydrogens is 236 g/mol. The summed E-state index contributed by atoms with van der Waals surface area (Å²) in [6.07, 6.45) is -1.99. The Morgan fingerprint density at radius 2 is 2.22 bits per heavy atom. The topological polar surface area (TPSA) is 124 Å². The molecule has 1 aromatic rings. The molecule has 0 bridgehead atoms. The molecule has 1 aromatic carbocycles. The van der Waals surface area contributed by atoms with Crippen LogP contribution in [0, 0.1) is 0 Å². The molecule has 2 unspecified atom stereocenters. The van der Waals surface area contributed by atoms with E-state index in [0.29, 0.717) is 17.0 Å². The van der Waals surface area contributed by atoms with Crippen molar-refractivity contribution in [3.63, 3.8) is 0 Å². The van der Waals surface area contributed by atoms with Crippen molar-refractivity contribution in [1.82, 2.24) is 0 Å². The lowest BCUT2D eigenvalue weighted by Gasteiger charge is -2.19. The second-order valence-electron chi connectivity index (χ2n) is 3.76. The summed E-state index contributed by atoms with van der Waals surface area (Å²) in [4.78, 5) is 2.58. The van der Waals surface area contributed by atoms with Gasteiger partial charge in [-0.2, -0.15) is 0 Å². The van der Waals surface area contributed by atoms with Crippen molar-refractivity contribution in [3.8, 4) is 5.75 Å². The zero-order chi connectivity index (χ0) is 13.5. The van der Waals surface area contributed by atoms with Gasteiger partial charge in [-0.25, -0.2) is 0 Å². The van der Waals surface area contributed by atoms with E-state index in [-0.39, 0.29) is 13.0 Å². The number of aliphatic hydroxyl groups excluding tert-OH is 2. The van der Waals surface area contributed by atoms with Gasteiger partial charge in [0.1, 0.15) is 11.9 Å². The van der Waals surface area contributed by atoms with Crippen LogP contribution in [0.2, 0.25) is 0 Å². The minimum atomic E-state index is -1.12. The highest BCUT2D eigenvalue weighted by Crippen LogP contribution is 2.30. The minimum Gasteiger partial charge on any atom is -0.496 e. The lowest BCUT2D eigenvalue weighted by atomic mass is 10.0. The van der Waals surface area contributed by atoms with Gasteiger partial charge in [0.15, 0.2) is 0 Å². The Morgan fingerprint density at radius 3 is 2.83 bits per heavy atom. The van der Waals surface area contributed by atoms with Crippen LogP contribution >= 0.6 is 0 Å². The molecule has 0 aliphatic carbocycles. The van der Waals surface area contributed by atoms with Crippen molar-refractivity contribution >= 4 is 5.69 Å². The molecule has 18 heavy (non-hydrogen) atoms. The molecule has 2 atom stereocenters. The van der Waals surface area contributed by atoms with Gasteiger partial charge >= 0.3 is 0 Å². The highest BCUT2D eigenvalue weighted by molar-refractivity contribution is 5.49. The summed E-state index contributed by atoms with van der Waals surface area (Å²) in [7, 11) is 1.46. The average Bonchev–Trinajstić information content (AvgIpc) is 2.37. The first-order chi connectivity index (χ1) is 8.60. The van der Waals surface area contributed by atoms with Crippen molar-refractivity contribution in [2.45, 2.75) is 18.6 Å². The Kier molecular flexibility index (Phi) is 5.26. The maximum atomic E-state index is 9.99. The highest BCUT2D eigenvalue weighted by atomic mass is 16.5. The third-order valence-corrected chi connectivity index (χ3v) is 2.53. The summed E-state index contributed by atoms with van der Waals surface area (Å²) in [6.45, 7) is 0.117. The number of ether oxygens (including phenoxy) is 1. The third-order valence-electron chi connectivity index (χ3n) is 2.53. The maximum absolute atomic E-state index is 9.99. The molecular formula is C11H16N4O3. The zero-order valence-corrected chi connectivity index (χ0v) is 10.0. The van der Waals surface area contributed by atoms with E-state index in [0.717, 1.165) is 0 Å². The first kappa shape index (κ1) is 14.1. The molecule has 0 fully saturated rings. The van der Waals surface area contributed by atoms with Crippen LogP contribution in [0.5, 0.6) is 5.75 Å². The van der Waals surface area contributed by atoms with Gasteiger partial charge in [0.2, 0.25) is 0 Å². The fraction of sp³-hybridized carbons (Fsp3) is 0.455. The zero-order valence-electron chi connectivity index (χ0n) is 10.0. The van der Waals surface area contributed by atoms with Crippen LogP contribution in [0.1, 0.15) is 18.1 Å². The molecule has 0 heterocycles. The van der Waals surface area contributed by atoms with Gasteiger partial charge in [-0.05, 0) is 18.0 Å². The highest BCUT2D eigenvalue weighted by Gasteiger charge is 2.21. The number of rotatable bonds is 6. The lowest BCUT2D eigenvalue weighted by molar-refractivity contribution is 0.0137. The number of anilines is 1. The Morgan fingerprint density at radius 1 is 1.50 bits per heavy atom. The average molecular weight is 252 g/mol. The first-order valence-corrected chi connectivity index (χ1v) is 5.40. The molecule has 0 aliphatic rings. The van der Waals surface area contributed by atoms with Crippen LogP contribution in [0.3, 0.4) is 0 Å². The molecule has 0 spiro atoms. The second-order valence-corrected chi connectivity index (χ2v) is 3.76. The van der Waals surface area contributed by atoms with Crippen LogP contribution in [0.4, 0.5) is 5.69 Å². The maximum Gasteiger partial charge on any atom is 0.126 e. The van der Waals surface area contributed by atoms with E-state index < -0.39 is 12.2 Å². The molecule has 0 aliphatic heterocycles. The molecule has 98 valence electrons. The predicted molar refractivity (Wildman–Crippen MR) is 67.0 cm³/mol. The minimum absolute atomic E-state index is 0.117. The Bertz CT molecular complexity index is 446. The van der Waals surface area contributed by atoms with Crippen LogP contribution in [0.15, 0.2) is 23.3 Å². The number of benzene rings is 1. The quantitative estimate of drug-likeness (QED) is 0.306. The smallest absolute Gasteiger partial charge is 0.126 e. The van der Waals surface area contributed by atoms with E-state index >= 15 is 0 Å². The van der Waals surface area contributed by atoms with Crippen molar-refractivity contribution in [2.24, 2.45) is 5.11 Å². The summed E-state index contributed by atoms with van der Waals surface area (Å²) in [6, 6.07) is 4.77. The molecule has 0 aromatic heterocycles. The van der Waals surface area contributed by atoms with E-state index in [4.69, 9.17) is 16.0 Å². The van der Waals surface area contributed by atoms with Gasteiger partial charge in [-0.15, -0.1) is 0 Å².